The minimum atomic E-state index is -0.797. The van der Waals surface area contributed by atoms with Crippen molar-refractivity contribution in [1.29, 1.82) is 0 Å². The Morgan fingerprint density at radius 3 is 1.08 bits per heavy atom. The number of carbonyl (C=O) groups is 3. The van der Waals surface area contributed by atoms with E-state index in [1.165, 1.54) is 96.3 Å². The van der Waals surface area contributed by atoms with Gasteiger partial charge in [0, 0.05) is 19.3 Å². The minimum Gasteiger partial charge on any atom is -0.462 e. The number of hydrogen-bond acceptors (Lipinski definition) is 6. The molecule has 6 heteroatoms. The largest absolute Gasteiger partial charge is 0.462 e. The second kappa shape index (κ2) is 48.5. The Bertz CT molecular complexity index is 1140. The van der Waals surface area contributed by atoms with Gasteiger partial charge < -0.3 is 14.2 Å². The van der Waals surface area contributed by atoms with Gasteiger partial charge in [0.05, 0.1) is 0 Å². The summed E-state index contributed by atoms with van der Waals surface area (Å²) in [6.45, 7) is 6.44. The summed E-state index contributed by atoms with van der Waals surface area (Å²) < 4.78 is 16.7. The zero-order chi connectivity index (χ0) is 43.7. The van der Waals surface area contributed by atoms with Crippen LogP contribution in [0, 0.1) is 0 Å². The maximum atomic E-state index is 12.7. The lowest BCUT2D eigenvalue weighted by molar-refractivity contribution is -0.167. The van der Waals surface area contributed by atoms with Gasteiger partial charge in [0.1, 0.15) is 13.2 Å². The average molecular weight is 837 g/mol. The Hall–Kier alpha value is -3.15. The molecule has 0 rings (SSSR count). The SMILES string of the molecule is CC/C=C\C/C=C\C/C=C\C/C=C\CCCCC(=O)O[C@@H](COC(=O)CCCCCCCCC/C=C\C/C=C\CCCCC)COC(=O)CCCCCCCCCCCC. The highest BCUT2D eigenvalue weighted by Gasteiger charge is 2.19. The monoisotopic (exact) mass is 837 g/mol. The third-order valence-corrected chi connectivity index (χ3v) is 10.4. The fourth-order valence-corrected chi connectivity index (χ4v) is 6.70. The minimum absolute atomic E-state index is 0.0937. The summed E-state index contributed by atoms with van der Waals surface area (Å²) >= 11 is 0. The molecule has 0 N–H and O–H groups in total. The number of carbonyl (C=O) groups excluding carboxylic acids is 3. The number of rotatable bonds is 44. The molecule has 0 aliphatic heterocycles. The molecule has 0 fully saturated rings. The summed E-state index contributed by atoms with van der Waals surface area (Å²) in [6.07, 6.45) is 60.3. The van der Waals surface area contributed by atoms with Crippen molar-refractivity contribution in [3.8, 4) is 0 Å². The van der Waals surface area contributed by atoms with Gasteiger partial charge in [-0.25, -0.2) is 0 Å². The summed E-state index contributed by atoms with van der Waals surface area (Å²) in [5.41, 5.74) is 0. The van der Waals surface area contributed by atoms with Gasteiger partial charge in [-0.15, -0.1) is 0 Å². The summed E-state index contributed by atoms with van der Waals surface area (Å²) in [5.74, 6) is -0.946. The molecule has 0 aromatic carbocycles. The van der Waals surface area contributed by atoms with E-state index in [0.29, 0.717) is 19.3 Å². The standard InChI is InChI=1S/C54H92O6/c1-4-7-10-13-16-19-22-24-26-27-29-30-32-35-38-41-44-47-53(56)59-50-51(49-58-52(55)46-43-40-37-34-21-18-15-12-9-6-3)60-54(57)48-45-42-39-36-33-31-28-25-23-20-17-14-11-8-5-2/h8,11,16-17,19-20,24-26,28,33,36,51H,4-7,9-10,12-15,18,21-23,27,29-32,34-35,37-50H2,1-3H3/b11-8-,19-16-,20-17-,26-24-,28-25-,36-33-/t51-/m1/s1. The molecule has 1 atom stereocenters. The van der Waals surface area contributed by atoms with Crippen molar-refractivity contribution in [2.75, 3.05) is 13.2 Å². The topological polar surface area (TPSA) is 78.9 Å². The van der Waals surface area contributed by atoms with E-state index >= 15 is 0 Å². The van der Waals surface area contributed by atoms with E-state index in [-0.39, 0.29) is 37.5 Å². The van der Waals surface area contributed by atoms with Crippen molar-refractivity contribution in [1.82, 2.24) is 0 Å². The van der Waals surface area contributed by atoms with Crippen LogP contribution < -0.4 is 0 Å². The third kappa shape index (κ3) is 45.9. The highest BCUT2D eigenvalue weighted by atomic mass is 16.6. The zero-order valence-electron chi connectivity index (χ0n) is 39.2. The van der Waals surface area contributed by atoms with Crippen LogP contribution in [0.5, 0.6) is 0 Å². The maximum Gasteiger partial charge on any atom is 0.306 e. The van der Waals surface area contributed by atoms with Crippen LogP contribution in [0.25, 0.3) is 0 Å². The zero-order valence-corrected chi connectivity index (χ0v) is 39.2. The van der Waals surface area contributed by atoms with Gasteiger partial charge >= 0.3 is 17.9 Å². The van der Waals surface area contributed by atoms with Crippen LogP contribution in [-0.4, -0.2) is 37.2 Å². The van der Waals surface area contributed by atoms with E-state index in [1.54, 1.807) is 0 Å². The first-order valence-electron chi connectivity index (χ1n) is 24.9. The van der Waals surface area contributed by atoms with Crippen LogP contribution in [-0.2, 0) is 28.6 Å². The van der Waals surface area contributed by atoms with Crippen molar-refractivity contribution in [3.63, 3.8) is 0 Å². The summed E-state index contributed by atoms with van der Waals surface area (Å²) in [4.78, 5) is 37.9. The lowest BCUT2D eigenvalue weighted by atomic mass is 10.1. The van der Waals surface area contributed by atoms with Crippen LogP contribution in [0.4, 0.5) is 0 Å². The highest BCUT2D eigenvalue weighted by Crippen LogP contribution is 2.14. The lowest BCUT2D eigenvalue weighted by Gasteiger charge is -2.18. The summed E-state index contributed by atoms with van der Waals surface area (Å²) in [5, 5.41) is 0. The molecule has 0 aromatic heterocycles. The number of esters is 3. The normalized spacial score (nSPS) is 12.7. The molecule has 0 heterocycles. The van der Waals surface area contributed by atoms with Crippen LogP contribution in [0.2, 0.25) is 0 Å². The fraction of sp³-hybridized carbons (Fsp3) is 0.722. The first-order chi connectivity index (χ1) is 29.5. The number of ether oxygens (including phenoxy) is 3. The predicted octanol–water partition coefficient (Wildman–Crippen LogP) is 16.3. The van der Waals surface area contributed by atoms with E-state index in [9.17, 15) is 14.4 Å². The molecule has 0 bridgehead atoms. The smallest absolute Gasteiger partial charge is 0.306 e. The second-order valence-electron chi connectivity index (χ2n) is 16.3. The molecule has 0 amide bonds. The molecule has 0 radical (unpaired) electrons. The van der Waals surface area contributed by atoms with Crippen molar-refractivity contribution >= 4 is 17.9 Å². The first-order valence-corrected chi connectivity index (χ1v) is 24.9. The van der Waals surface area contributed by atoms with Gasteiger partial charge in [0.2, 0.25) is 0 Å². The number of allylic oxidation sites excluding steroid dienone is 12. The predicted molar refractivity (Wildman–Crippen MR) is 256 cm³/mol. The molecular weight excluding hydrogens is 745 g/mol. The van der Waals surface area contributed by atoms with Gasteiger partial charge in [-0.2, -0.15) is 0 Å². The van der Waals surface area contributed by atoms with Gasteiger partial charge in [0.15, 0.2) is 6.10 Å². The van der Waals surface area contributed by atoms with E-state index < -0.39 is 6.10 Å². The summed E-state index contributed by atoms with van der Waals surface area (Å²) in [7, 11) is 0. The first kappa shape index (κ1) is 56.9. The van der Waals surface area contributed by atoms with E-state index in [0.717, 1.165) is 89.9 Å². The molecule has 344 valence electrons. The molecule has 0 saturated heterocycles. The van der Waals surface area contributed by atoms with Crippen molar-refractivity contribution in [2.24, 2.45) is 0 Å². The van der Waals surface area contributed by atoms with Gasteiger partial charge in [-0.1, -0.05) is 196 Å². The molecule has 60 heavy (non-hydrogen) atoms. The Kier molecular flexibility index (Phi) is 46.0. The van der Waals surface area contributed by atoms with E-state index in [4.69, 9.17) is 14.2 Å². The van der Waals surface area contributed by atoms with Crippen molar-refractivity contribution in [3.05, 3.63) is 72.9 Å². The van der Waals surface area contributed by atoms with Gasteiger partial charge in [-0.3, -0.25) is 14.4 Å². The van der Waals surface area contributed by atoms with Crippen molar-refractivity contribution in [2.45, 2.75) is 239 Å². The van der Waals surface area contributed by atoms with Crippen molar-refractivity contribution < 1.29 is 28.6 Å². The van der Waals surface area contributed by atoms with Crippen LogP contribution in [0.1, 0.15) is 233 Å². The maximum absolute atomic E-state index is 12.7. The number of hydrogen-bond donors (Lipinski definition) is 0. The molecular formula is C54H92O6. The van der Waals surface area contributed by atoms with E-state index in [2.05, 4.69) is 93.7 Å². The molecule has 6 nitrogen and oxygen atoms in total. The fourth-order valence-electron chi connectivity index (χ4n) is 6.70. The number of unbranched alkanes of at least 4 members (excludes halogenated alkanes) is 21. The third-order valence-electron chi connectivity index (χ3n) is 10.4. The lowest BCUT2D eigenvalue weighted by Crippen LogP contribution is -2.30. The average Bonchev–Trinajstić information content (AvgIpc) is 3.24. The highest BCUT2D eigenvalue weighted by molar-refractivity contribution is 5.71. The second-order valence-corrected chi connectivity index (χ2v) is 16.3. The van der Waals surface area contributed by atoms with Gasteiger partial charge in [-0.05, 0) is 89.9 Å². The quantitative estimate of drug-likeness (QED) is 0.0263. The van der Waals surface area contributed by atoms with E-state index in [1.807, 2.05) is 0 Å². The molecule has 0 saturated carbocycles. The Balaban J connectivity index is 4.43. The Labute approximate surface area is 370 Å². The molecule has 0 aromatic rings. The molecule has 0 aliphatic carbocycles. The van der Waals surface area contributed by atoms with Crippen LogP contribution in [0.15, 0.2) is 72.9 Å². The Morgan fingerprint density at radius 2 is 0.650 bits per heavy atom. The molecule has 0 spiro atoms. The molecule has 0 unspecified atom stereocenters. The molecule has 0 aliphatic rings. The van der Waals surface area contributed by atoms with Crippen LogP contribution in [0.3, 0.4) is 0 Å². The van der Waals surface area contributed by atoms with Gasteiger partial charge in [0.25, 0.3) is 0 Å². The Morgan fingerprint density at radius 1 is 0.350 bits per heavy atom. The van der Waals surface area contributed by atoms with Crippen LogP contribution >= 0.6 is 0 Å². The summed E-state index contributed by atoms with van der Waals surface area (Å²) in [6, 6.07) is 0.